The second-order valence-electron chi connectivity index (χ2n) is 3.41. The molecule has 0 heterocycles. The molecule has 0 radical (unpaired) electrons. The highest BCUT2D eigenvalue weighted by Crippen LogP contribution is 1.90. The predicted molar refractivity (Wildman–Crippen MR) is 67.5 cm³/mol. The molecule has 0 aromatic carbocycles. The van der Waals surface area contributed by atoms with Gasteiger partial charge in [0.15, 0.2) is 0 Å². The van der Waals surface area contributed by atoms with Gasteiger partial charge in [-0.25, -0.2) is 0 Å². The Balaban J connectivity index is 0. The molecule has 0 aromatic rings. The van der Waals surface area contributed by atoms with Crippen LogP contribution >= 0.6 is 0 Å². The van der Waals surface area contributed by atoms with Crippen LogP contribution in [0.4, 0.5) is 0 Å². The van der Waals surface area contributed by atoms with Crippen molar-refractivity contribution in [2.24, 2.45) is 0 Å². The van der Waals surface area contributed by atoms with Crippen LogP contribution in [0.25, 0.3) is 0 Å². The molecule has 1 unspecified atom stereocenters. The average molecular weight is 266 g/mol. The number of carbonyl (C=O) groups excluding carboxylic acids is 1. The smallest absolute Gasteiger partial charge is 0.302 e. The van der Waals surface area contributed by atoms with E-state index in [9.17, 15) is 4.79 Å². The molecule has 6 heteroatoms. The zero-order chi connectivity index (χ0) is 14.2. The van der Waals surface area contributed by atoms with Crippen molar-refractivity contribution < 1.29 is 28.8 Å². The van der Waals surface area contributed by atoms with Crippen molar-refractivity contribution in [3.05, 3.63) is 0 Å². The summed E-state index contributed by atoms with van der Waals surface area (Å²) in [4.78, 5) is 10.3. The Labute approximate surface area is 109 Å². The van der Waals surface area contributed by atoms with Crippen LogP contribution in [0.5, 0.6) is 0 Å². The van der Waals surface area contributed by atoms with Crippen LogP contribution in [0.2, 0.25) is 0 Å². The summed E-state index contributed by atoms with van der Waals surface area (Å²) in [7, 11) is 1.57. The van der Waals surface area contributed by atoms with Gasteiger partial charge in [0.1, 0.15) is 6.10 Å². The fourth-order valence-electron chi connectivity index (χ4n) is 0.981. The van der Waals surface area contributed by atoms with Crippen LogP contribution in [0.1, 0.15) is 20.8 Å². The molecule has 0 saturated heterocycles. The summed E-state index contributed by atoms with van der Waals surface area (Å²) in [6.45, 7) is 7.98. The molecule has 0 rings (SSSR count). The van der Waals surface area contributed by atoms with Crippen molar-refractivity contribution in [3.8, 4) is 0 Å². The molecule has 0 fully saturated rings. The van der Waals surface area contributed by atoms with Gasteiger partial charge in [0.2, 0.25) is 0 Å². The second-order valence-corrected chi connectivity index (χ2v) is 3.41. The standard InChI is InChI=1S/C6H12O3.C6H14O3/c1-5(4-8-3)9-6(2)7;1-2-8-5-6-9-4-3-7/h5H,4H2,1-3H3;7H,2-6H2,1H3. The van der Waals surface area contributed by atoms with Crippen molar-refractivity contribution in [3.63, 3.8) is 0 Å². The van der Waals surface area contributed by atoms with E-state index in [0.29, 0.717) is 26.4 Å². The highest BCUT2D eigenvalue weighted by atomic mass is 16.6. The summed E-state index contributed by atoms with van der Waals surface area (Å²) >= 11 is 0. The second kappa shape index (κ2) is 16.3. The molecule has 0 aliphatic carbocycles. The molecular weight excluding hydrogens is 240 g/mol. The van der Waals surface area contributed by atoms with Crippen molar-refractivity contribution in [1.82, 2.24) is 0 Å². The summed E-state index contributed by atoms with van der Waals surface area (Å²) in [5, 5.41) is 8.26. The van der Waals surface area contributed by atoms with E-state index in [1.807, 2.05) is 6.92 Å². The monoisotopic (exact) mass is 266 g/mol. The summed E-state index contributed by atoms with van der Waals surface area (Å²) in [5.41, 5.74) is 0. The Hall–Kier alpha value is -0.690. The van der Waals surface area contributed by atoms with E-state index >= 15 is 0 Å². The maximum Gasteiger partial charge on any atom is 0.302 e. The summed E-state index contributed by atoms with van der Waals surface area (Å²) in [6.07, 6.45) is -0.132. The topological polar surface area (TPSA) is 74.2 Å². The Bertz CT molecular complexity index is 168. The lowest BCUT2D eigenvalue weighted by Crippen LogP contribution is -2.17. The third kappa shape index (κ3) is 20.7. The Morgan fingerprint density at radius 1 is 1.22 bits per heavy atom. The maximum atomic E-state index is 10.3. The molecule has 0 aliphatic rings. The molecule has 0 spiro atoms. The first-order valence-corrected chi connectivity index (χ1v) is 6.00. The molecule has 1 N–H and O–H groups in total. The molecule has 0 amide bonds. The minimum Gasteiger partial charge on any atom is -0.460 e. The maximum absolute atomic E-state index is 10.3. The quantitative estimate of drug-likeness (QED) is 0.487. The number of ether oxygens (including phenoxy) is 4. The Kier molecular flexibility index (Phi) is 17.8. The van der Waals surface area contributed by atoms with Crippen molar-refractivity contribution >= 4 is 5.97 Å². The number of hydrogen-bond acceptors (Lipinski definition) is 6. The van der Waals surface area contributed by atoms with Gasteiger partial charge >= 0.3 is 5.97 Å². The number of carbonyl (C=O) groups is 1. The highest BCUT2D eigenvalue weighted by Gasteiger charge is 2.02. The van der Waals surface area contributed by atoms with Gasteiger partial charge in [-0.3, -0.25) is 4.79 Å². The third-order valence-corrected chi connectivity index (χ3v) is 1.58. The number of aliphatic hydroxyl groups is 1. The number of methoxy groups -OCH3 is 1. The minimum absolute atomic E-state index is 0.0894. The van der Waals surface area contributed by atoms with Crippen molar-refractivity contribution in [1.29, 1.82) is 0 Å². The van der Waals surface area contributed by atoms with E-state index < -0.39 is 0 Å². The molecule has 0 bridgehead atoms. The van der Waals surface area contributed by atoms with Gasteiger partial charge in [-0.15, -0.1) is 0 Å². The molecular formula is C12H26O6. The summed E-state index contributed by atoms with van der Waals surface area (Å²) < 4.78 is 19.3. The van der Waals surface area contributed by atoms with Gasteiger partial charge in [0.05, 0.1) is 33.0 Å². The van der Waals surface area contributed by atoms with E-state index in [1.165, 1.54) is 6.92 Å². The van der Waals surface area contributed by atoms with Gasteiger partial charge in [0, 0.05) is 20.6 Å². The Morgan fingerprint density at radius 2 is 1.83 bits per heavy atom. The molecule has 0 aliphatic heterocycles. The average Bonchev–Trinajstić information content (AvgIpc) is 2.29. The van der Waals surface area contributed by atoms with Gasteiger partial charge in [-0.2, -0.15) is 0 Å². The number of aliphatic hydroxyl groups excluding tert-OH is 1. The third-order valence-electron chi connectivity index (χ3n) is 1.58. The summed E-state index contributed by atoms with van der Waals surface area (Å²) in [5.74, 6) is -0.264. The number of rotatable bonds is 9. The molecule has 0 saturated carbocycles. The van der Waals surface area contributed by atoms with Gasteiger partial charge in [-0.1, -0.05) is 0 Å². The van der Waals surface area contributed by atoms with Crippen LogP contribution in [-0.4, -0.2) is 63.9 Å². The lowest BCUT2D eigenvalue weighted by molar-refractivity contribution is -0.147. The van der Waals surface area contributed by atoms with Crippen LogP contribution in [0.15, 0.2) is 0 Å². The minimum atomic E-state index is -0.264. The molecule has 6 nitrogen and oxygen atoms in total. The first-order chi connectivity index (χ1) is 8.58. The van der Waals surface area contributed by atoms with Crippen LogP contribution < -0.4 is 0 Å². The molecule has 1 atom stereocenters. The number of esters is 1. The predicted octanol–water partition coefficient (Wildman–Crippen LogP) is 0.616. The van der Waals surface area contributed by atoms with Crippen LogP contribution in [-0.2, 0) is 23.7 Å². The van der Waals surface area contributed by atoms with E-state index in [1.54, 1.807) is 14.0 Å². The first kappa shape index (κ1) is 19.6. The summed E-state index contributed by atoms with van der Waals surface area (Å²) in [6, 6.07) is 0. The van der Waals surface area contributed by atoms with Crippen LogP contribution in [0.3, 0.4) is 0 Å². The lowest BCUT2D eigenvalue weighted by Gasteiger charge is -2.08. The van der Waals surface area contributed by atoms with Crippen molar-refractivity contribution in [2.45, 2.75) is 26.9 Å². The largest absolute Gasteiger partial charge is 0.460 e. The zero-order valence-corrected chi connectivity index (χ0v) is 11.8. The fraction of sp³-hybridized carbons (Fsp3) is 0.917. The van der Waals surface area contributed by atoms with Gasteiger partial charge < -0.3 is 24.1 Å². The molecule has 110 valence electrons. The number of hydrogen-bond donors (Lipinski definition) is 1. The highest BCUT2D eigenvalue weighted by molar-refractivity contribution is 5.66. The lowest BCUT2D eigenvalue weighted by atomic mass is 10.4. The first-order valence-electron chi connectivity index (χ1n) is 6.00. The zero-order valence-electron chi connectivity index (χ0n) is 11.8. The van der Waals surface area contributed by atoms with E-state index in [0.717, 1.165) is 6.61 Å². The van der Waals surface area contributed by atoms with E-state index in [4.69, 9.17) is 24.1 Å². The van der Waals surface area contributed by atoms with Crippen molar-refractivity contribution in [2.75, 3.05) is 46.8 Å². The fourth-order valence-corrected chi connectivity index (χ4v) is 0.981. The molecule has 18 heavy (non-hydrogen) atoms. The van der Waals surface area contributed by atoms with E-state index in [-0.39, 0.29) is 18.7 Å². The SMILES string of the molecule is CCOCCOCCO.COCC(C)OC(C)=O. The van der Waals surface area contributed by atoms with Gasteiger partial charge in [-0.05, 0) is 13.8 Å². The Morgan fingerprint density at radius 3 is 2.28 bits per heavy atom. The van der Waals surface area contributed by atoms with Crippen LogP contribution in [0, 0.1) is 0 Å². The molecule has 0 aromatic heterocycles. The van der Waals surface area contributed by atoms with E-state index in [2.05, 4.69) is 0 Å². The normalized spacial score (nSPS) is 11.4. The van der Waals surface area contributed by atoms with Gasteiger partial charge in [0.25, 0.3) is 0 Å².